The summed E-state index contributed by atoms with van der Waals surface area (Å²) in [5.74, 6) is -0.574. The number of hydrogen-bond acceptors (Lipinski definition) is 2. The van der Waals surface area contributed by atoms with Crippen molar-refractivity contribution in [2.24, 2.45) is 0 Å². The van der Waals surface area contributed by atoms with Gasteiger partial charge in [-0.3, -0.25) is 9.59 Å². The topological polar surface area (TPSA) is 49.4 Å². The lowest BCUT2D eigenvalue weighted by atomic mass is 9.99. The summed E-state index contributed by atoms with van der Waals surface area (Å²) in [7, 11) is 0. The van der Waals surface area contributed by atoms with Crippen LogP contribution >= 0.6 is 0 Å². The van der Waals surface area contributed by atoms with Crippen molar-refractivity contribution in [1.29, 1.82) is 0 Å². The van der Waals surface area contributed by atoms with Crippen molar-refractivity contribution >= 4 is 11.8 Å². The van der Waals surface area contributed by atoms with Gasteiger partial charge in [-0.1, -0.05) is 36.4 Å². The van der Waals surface area contributed by atoms with Crippen molar-refractivity contribution in [3.8, 4) is 0 Å². The standard InChI is InChI=1S/C24H21FN2O2/c25-22-11-5-17(6-12-22)15-26-23(28)19-7-9-20(10-8-19)24(29)27-14-13-18-3-1-2-4-21(18)16-27/h1-12H,13-16H2,(H,26,28). The first-order valence-corrected chi connectivity index (χ1v) is 9.59. The van der Waals surface area contributed by atoms with E-state index in [1.54, 1.807) is 36.4 Å². The lowest BCUT2D eigenvalue weighted by Gasteiger charge is -2.29. The Morgan fingerprint density at radius 3 is 2.24 bits per heavy atom. The van der Waals surface area contributed by atoms with Crippen molar-refractivity contribution in [1.82, 2.24) is 10.2 Å². The summed E-state index contributed by atoms with van der Waals surface area (Å²) < 4.78 is 12.9. The van der Waals surface area contributed by atoms with E-state index in [1.807, 2.05) is 17.0 Å². The Kier molecular flexibility index (Phi) is 5.38. The molecule has 5 heteroatoms. The first-order chi connectivity index (χ1) is 14.1. The molecule has 0 aliphatic carbocycles. The Hall–Kier alpha value is -3.47. The molecule has 0 unspecified atom stereocenters. The molecule has 1 aliphatic heterocycles. The van der Waals surface area contributed by atoms with E-state index in [0.29, 0.717) is 30.8 Å². The largest absolute Gasteiger partial charge is 0.348 e. The van der Waals surface area contributed by atoms with E-state index in [4.69, 9.17) is 0 Å². The predicted octanol–water partition coefficient (Wildman–Crippen LogP) is 3.95. The number of nitrogens with one attached hydrogen (secondary N) is 1. The molecule has 1 heterocycles. The second-order valence-electron chi connectivity index (χ2n) is 7.13. The summed E-state index contributed by atoms with van der Waals surface area (Å²) in [6.45, 7) is 1.61. The maximum Gasteiger partial charge on any atom is 0.254 e. The van der Waals surface area contributed by atoms with Gasteiger partial charge in [0.05, 0.1) is 0 Å². The van der Waals surface area contributed by atoms with Gasteiger partial charge in [0.1, 0.15) is 5.82 Å². The second-order valence-corrected chi connectivity index (χ2v) is 7.13. The van der Waals surface area contributed by atoms with Crippen LogP contribution in [-0.2, 0) is 19.5 Å². The molecule has 1 aliphatic rings. The van der Waals surface area contributed by atoms with Gasteiger partial charge in [0.25, 0.3) is 11.8 Å². The molecule has 146 valence electrons. The van der Waals surface area contributed by atoms with Gasteiger partial charge in [0.15, 0.2) is 0 Å². The van der Waals surface area contributed by atoms with Crippen molar-refractivity contribution in [3.05, 3.63) is 106 Å². The number of amides is 2. The molecule has 4 nitrogen and oxygen atoms in total. The monoisotopic (exact) mass is 388 g/mol. The Bertz CT molecular complexity index is 1030. The van der Waals surface area contributed by atoms with Crippen molar-refractivity contribution in [3.63, 3.8) is 0 Å². The van der Waals surface area contributed by atoms with E-state index in [9.17, 15) is 14.0 Å². The first kappa shape index (κ1) is 18.9. The van der Waals surface area contributed by atoms with Gasteiger partial charge >= 0.3 is 0 Å². The molecule has 0 saturated heterocycles. The number of benzene rings is 3. The van der Waals surface area contributed by atoms with Crippen LogP contribution < -0.4 is 5.32 Å². The second kappa shape index (κ2) is 8.27. The number of fused-ring (bicyclic) bond motifs is 1. The third-order valence-corrected chi connectivity index (χ3v) is 5.18. The SMILES string of the molecule is O=C(NCc1ccc(F)cc1)c1ccc(C(=O)N2CCc3ccccc3C2)cc1. The molecule has 2 amide bonds. The number of halogens is 1. The third-order valence-electron chi connectivity index (χ3n) is 5.18. The van der Waals surface area contributed by atoms with Crippen LogP contribution in [0.1, 0.15) is 37.4 Å². The summed E-state index contributed by atoms with van der Waals surface area (Å²) in [6.07, 6.45) is 0.853. The van der Waals surface area contributed by atoms with Crippen LogP contribution in [0.2, 0.25) is 0 Å². The van der Waals surface area contributed by atoms with Crippen molar-refractivity contribution < 1.29 is 14.0 Å². The third kappa shape index (κ3) is 4.35. The van der Waals surface area contributed by atoms with Gasteiger partial charge < -0.3 is 10.2 Å². The molecule has 29 heavy (non-hydrogen) atoms. The fourth-order valence-electron chi connectivity index (χ4n) is 3.50. The average Bonchev–Trinajstić information content (AvgIpc) is 2.78. The fraction of sp³-hybridized carbons (Fsp3) is 0.167. The Morgan fingerprint density at radius 1 is 0.862 bits per heavy atom. The molecule has 4 rings (SSSR count). The zero-order valence-electron chi connectivity index (χ0n) is 15.9. The van der Waals surface area contributed by atoms with Crippen molar-refractivity contribution in [2.75, 3.05) is 6.54 Å². The van der Waals surface area contributed by atoms with Crippen LogP contribution in [-0.4, -0.2) is 23.3 Å². The summed E-state index contributed by atoms with van der Waals surface area (Å²) in [6, 6.07) is 20.9. The van der Waals surface area contributed by atoms with Gasteiger partial charge in [0.2, 0.25) is 0 Å². The summed E-state index contributed by atoms with van der Waals surface area (Å²) in [4.78, 5) is 27.0. The van der Waals surface area contributed by atoms with Crippen LogP contribution in [0.4, 0.5) is 4.39 Å². The van der Waals surface area contributed by atoms with Crippen LogP contribution in [0.3, 0.4) is 0 Å². The molecule has 0 atom stereocenters. The molecule has 0 radical (unpaired) electrons. The van der Waals surface area contributed by atoms with E-state index < -0.39 is 0 Å². The van der Waals surface area contributed by atoms with Crippen LogP contribution in [0.15, 0.2) is 72.8 Å². The molecule has 0 fully saturated rings. The minimum atomic E-state index is -0.308. The van der Waals surface area contributed by atoms with Gasteiger partial charge in [-0.25, -0.2) is 4.39 Å². The molecule has 0 spiro atoms. The summed E-state index contributed by atoms with van der Waals surface area (Å²) >= 11 is 0. The van der Waals surface area contributed by atoms with E-state index in [-0.39, 0.29) is 17.6 Å². The smallest absolute Gasteiger partial charge is 0.254 e. The van der Waals surface area contributed by atoms with E-state index in [2.05, 4.69) is 17.4 Å². The normalized spacial score (nSPS) is 12.9. The Balaban J connectivity index is 1.38. The maximum absolute atomic E-state index is 12.9. The predicted molar refractivity (Wildman–Crippen MR) is 109 cm³/mol. The van der Waals surface area contributed by atoms with Crippen LogP contribution in [0, 0.1) is 5.82 Å². The lowest BCUT2D eigenvalue weighted by molar-refractivity contribution is 0.0734. The highest BCUT2D eigenvalue weighted by Crippen LogP contribution is 2.20. The zero-order chi connectivity index (χ0) is 20.2. The minimum Gasteiger partial charge on any atom is -0.348 e. The number of carbonyl (C=O) groups excluding carboxylic acids is 2. The highest BCUT2D eigenvalue weighted by atomic mass is 19.1. The maximum atomic E-state index is 12.9. The summed E-state index contributed by atoms with van der Waals surface area (Å²) in [5, 5.41) is 2.80. The zero-order valence-corrected chi connectivity index (χ0v) is 15.9. The number of nitrogens with zero attached hydrogens (tertiary/aromatic N) is 1. The van der Waals surface area contributed by atoms with Crippen LogP contribution in [0.5, 0.6) is 0 Å². The molecule has 0 bridgehead atoms. The van der Waals surface area contributed by atoms with Gasteiger partial charge in [-0.2, -0.15) is 0 Å². The summed E-state index contributed by atoms with van der Waals surface area (Å²) in [5.41, 5.74) is 4.35. The molecular weight excluding hydrogens is 367 g/mol. The van der Waals surface area contributed by atoms with Crippen LogP contribution in [0.25, 0.3) is 0 Å². The quantitative estimate of drug-likeness (QED) is 0.736. The van der Waals surface area contributed by atoms with Gasteiger partial charge in [-0.05, 0) is 59.5 Å². The lowest BCUT2D eigenvalue weighted by Crippen LogP contribution is -2.35. The molecule has 0 saturated carbocycles. The number of hydrogen-bond donors (Lipinski definition) is 1. The van der Waals surface area contributed by atoms with Gasteiger partial charge in [0, 0.05) is 30.8 Å². The minimum absolute atomic E-state index is 0.0298. The molecule has 1 N–H and O–H groups in total. The molecule has 3 aromatic carbocycles. The fourth-order valence-corrected chi connectivity index (χ4v) is 3.50. The first-order valence-electron chi connectivity index (χ1n) is 9.59. The highest BCUT2D eigenvalue weighted by molar-refractivity contribution is 5.97. The molecule has 0 aromatic heterocycles. The van der Waals surface area contributed by atoms with E-state index in [0.717, 1.165) is 12.0 Å². The van der Waals surface area contributed by atoms with E-state index >= 15 is 0 Å². The van der Waals surface area contributed by atoms with Crippen molar-refractivity contribution in [2.45, 2.75) is 19.5 Å². The number of rotatable bonds is 4. The van der Waals surface area contributed by atoms with E-state index in [1.165, 1.54) is 23.3 Å². The Morgan fingerprint density at radius 2 is 1.52 bits per heavy atom. The number of carbonyl (C=O) groups is 2. The van der Waals surface area contributed by atoms with Gasteiger partial charge in [-0.15, -0.1) is 0 Å². The Labute approximate surface area is 169 Å². The highest BCUT2D eigenvalue weighted by Gasteiger charge is 2.21. The molecule has 3 aromatic rings. The molecular formula is C24H21FN2O2. The average molecular weight is 388 g/mol.